The Hall–Kier alpha value is -0.430. The van der Waals surface area contributed by atoms with E-state index in [9.17, 15) is 8.42 Å². The second kappa shape index (κ2) is 6.49. The van der Waals surface area contributed by atoms with E-state index in [4.69, 9.17) is 0 Å². The number of thiophene rings is 1. The van der Waals surface area contributed by atoms with E-state index in [0.29, 0.717) is 13.1 Å². The maximum absolute atomic E-state index is 10.9. The summed E-state index contributed by atoms with van der Waals surface area (Å²) in [5.41, 5.74) is 0. The number of hydrogen-bond donors (Lipinski definition) is 2. The summed E-state index contributed by atoms with van der Waals surface area (Å²) in [5, 5.41) is 3.29. The first-order valence-electron chi connectivity index (χ1n) is 5.69. The molecule has 0 radical (unpaired) electrons. The third-order valence-electron chi connectivity index (χ3n) is 2.40. The number of aryl methyl sites for hydroxylation is 1. The molecule has 98 valence electrons. The molecule has 17 heavy (non-hydrogen) atoms. The Labute approximate surface area is 107 Å². The van der Waals surface area contributed by atoms with Gasteiger partial charge in [0, 0.05) is 28.9 Å². The third-order valence-corrected chi connectivity index (χ3v) is 4.54. The van der Waals surface area contributed by atoms with Crippen LogP contribution < -0.4 is 10.0 Å². The van der Waals surface area contributed by atoms with Crippen LogP contribution in [0.1, 0.15) is 29.6 Å². The monoisotopic (exact) mass is 276 g/mol. The molecule has 1 unspecified atom stereocenters. The first-order valence-corrected chi connectivity index (χ1v) is 8.40. The highest BCUT2D eigenvalue weighted by Gasteiger charge is 2.07. The Balaban J connectivity index is 2.32. The maximum Gasteiger partial charge on any atom is 0.208 e. The van der Waals surface area contributed by atoms with E-state index >= 15 is 0 Å². The highest BCUT2D eigenvalue weighted by atomic mass is 32.2. The van der Waals surface area contributed by atoms with E-state index in [2.05, 4.69) is 36.0 Å². The van der Waals surface area contributed by atoms with Crippen molar-refractivity contribution in [3.63, 3.8) is 0 Å². The summed E-state index contributed by atoms with van der Waals surface area (Å²) >= 11 is 1.80. The van der Waals surface area contributed by atoms with Gasteiger partial charge in [0.05, 0.1) is 6.26 Å². The van der Waals surface area contributed by atoms with Crippen molar-refractivity contribution in [1.29, 1.82) is 0 Å². The van der Waals surface area contributed by atoms with E-state index in [0.717, 1.165) is 6.42 Å². The standard InChI is InChI=1S/C11H20N2O2S2/c1-4-10-5-6-11(16-10)9(2)12-7-8-13-17(3,14)15/h5-6,9,12-13H,4,7-8H2,1-3H3. The zero-order valence-electron chi connectivity index (χ0n) is 10.5. The number of nitrogens with one attached hydrogen (secondary N) is 2. The molecule has 0 saturated carbocycles. The van der Waals surface area contributed by atoms with E-state index in [1.165, 1.54) is 16.0 Å². The molecule has 0 aromatic carbocycles. The zero-order valence-corrected chi connectivity index (χ0v) is 12.1. The van der Waals surface area contributed by atoms with Crippen LogP contribution in [0, 0.1) is 0 Å². The molecule has 0 aliphatic rings. The van der Waals surface area contributed by atoms with Gasteiger partial charge < -0.3 is 5.32 Å². The molecule has 6 heteroatoms. The molecule has 1 heterocycles. The molecule has 0 fully saturated rings. The summed E-state index contributed by atoms with van der Waals surface area (Å²) in [7, 11) is -3.07. The lowest BCUT2D eigenvalue weighted by Gasteiger charge is -2.11. The summed E-state index contributed by atoms with van der Waals surface area (Å²) < 4.78 is 24.2. The van der Waals surface area contributed by atoms with Crippen LogP contribution in [0.25, 0.3) is 0 Å². The minimum Gasteiger partial charge on any atom is -0.308 e. The Kier molecular flexibility index (Phi) is 5.58. The first kappa shape index (κ1) is 14.6. The maximum atomic E-state index is 10.9. The molecule has 0 saturated heterocycles. The predicted molar refractivity (Wildman–Crippen MR) is 73.0 cm³/mol. The molecular weight excluding hydrogens is 256 g/mol. The summed E-state index contributed by atoms with van der Waals surface area (Å²) in [5.74, 6) is 0. The van der Waals surface area contributed by atoms with Crippen LogP contribution in [0.5, 0.6) is 0 Å². The van der Waals surface area contributed by atoms with E-state index < -0.39 is 10.0 Å². The molecule has 1 aromatic heterocycles. The molecule has 0 aliphatic carbocycles. The highest BCUT2D eigenvalue weighted by molar-refractivity contribution is 7.88. The molecule has 0 amide bonds. The molecule has 1 rings (SSSR count). The average molecular weight is 276 g/mol. The molecule has 0 bridgehead atoms. The average Bonchev–Trinajstić information content (AvgIpc) is 2.71. The Bertz CT molecular complexity index is 440. The van der Waals surface area contributed by atoms with Crippen LogP contribution in [0.3, 0.4) is 0 Å². The fraction of sp³-hybridized carbons (Fsp3) is 0.636. The third kappa shape index (κ3) is 5.63. The van der Waals surface area contributed by atoms with E-state index in [-0.39, 0.29) is 6.04 Å². The number of hydrogen-bond acceptors (Lipinski definition) is 4. The topological polar surface area (TPSA) is 58.2 Å². The van der Waals surface area contributed by atoms with Gasteiger partial charge in [0.25, 0.3) is 0 Å². The van der Waals surface area contributed by atoms with Crippen molar-refractivity contribution in [1.82, 2.24) is 10.0 Å². The van der Waals surface area contributed by atoms with Gasteiger partial charge in [-0.2, -0.15) is 0 Å². The Morgan fingerprint density at radius 2 is 2.06 bits per heavy atom. The van der Waals surface area contributed by atoms with Crippen LogP contribution in [-0.4, -0.2) is 27.8 Å². The smallest absolute Gasteiger partial charge is 0.208 e. The Morgan fingerprint density at radius 3 is 2.59 bits per heavy atom. The van der Waals surface area contributed by atoms with Crippen molar-refractivity contribution in [2.45, 2.75) is 26.3 Å². The molecule has 2 N–H and O–H groups in total. The van der Waals surface area contributed by atoms with Crippen LogP contribution >= 0.6 is 11.3 Å². The van der Waals surface area contributed by atoms with Crippen molar-refractivity contribution in [2.24, 2.45) is 0 Å². The van der Waals surface area contributed by atoms with Gasteiger partial charge in [-0.1, -0.05) is 6.92 Å². The Morgan fingerprint density at radius 1 is 1.35 bits per heavy atom. The van der Waals surface area contributed by atoms with Crippen molar-refractivity contribution < 1.29 is 8.42 Å². The van der Waals surface area contributed by atoms with Crippen molar-refractivity contribution in [3.8, 4) is 0 Å². The lowest BCUT2D eigenvalue weighted by atomic mass is 10.2. The first-order chi connectivity index (χ1) is 7.92. The predicted octanol–water partition coefficient (Wildman–Crippen LogP) is 1.51. The fourth-order valence-electron chi connectivity index (χ4n) is 1.44. The molecule has 0 spiro atoms. The lowest BCUT2D eigenvalue weighted by molar-refractivity contribution is 0.560. The summed E-state index contributed by atoms with van der Waals surface area (Å²) in [6, 6.07) is 4.54. The van der Waals surface area contributed by atoms with Gasteiger partial charge in [0.1, 0.15) is 0 Å². The summed E-state index contributed by atoms with van der Waals surface area (Å²) in [6.07, 6.45) is 2.23. The van der Waals surface area contributed by atoms with Gasteiger partial charge in [0.2, 0.25) is 10.0 Å². The lowest BCUT2D eigenvalue weighted by Crippen LogP contribution is -2.32. The SMILES string of the molecule is CCc1ccc(C(C)NCCNS(C)(=O)=O)s1. The van der Waals surface area contributed by atoms with Gasteiger partial charge in [-0.15, -0.1) is 11.3 Å². The van der Waals surface area contributed by atoms with Gasteiger partial charge in [0.15, 0.2) is 0 Å². The van der Waals surface area contributed by atoms with E-state index in [1.54, 1.807) is 11.3 Å². The second-order valence-corrected chi connectivity index (χ2v) is 7.03. The number of sulfonamides is 1. The minimum atomic E-state index is -3.07. The summed E-state index contributed by atoms with van der Waals surface area (Å²) in [6.45, 7) is 5.29. The van der Waals surface area contributed by atoms with Crippen LogP contribution in [-0.2, 0) is 16.4 Å². The largest absolute Gasteiger partial charge is 0.308 e. The fourth-order valence-corrected chi connectivity index (χ4v) is 2.90. The van der Waals surface area contributed by atoms with Crippen molar-refractivity contribution in [2.75, 3.05) is 19.3 Å². The normalized spacial score (nSPS) is 13.8. The van der Waals surface area contributed by atoms with Gasteiger partial charge >= 0.3 is 0 Å². The molecule has 1 atom stereocenters. The van der Waals surface area contributed by atoms with Crippen LogP contribution in [0.4, 0.5) is 0 Å². The summed E-state index contributed by atoms with van der Waals surface area (Å²) in [4.78, 5) is 2.67. The quantitative estimate of drug-likeness (QED) is 0.742. The molecular formula is C11H20N2O2S2. The zero-order chi connectivity index (χ0) is 12.9. The second-order valence-electron chi connectivity index (χ2n) is 4.00. The van der Waals surface area contributed by atoms with E-state index in [1.807, 2.05) is 0 Å². The molecule has 4 nitrogen and oxygen atoms in total. The minimum absolute atomic E-state index is 0.265. The van der Waals surface area contributed by atoms with Gasteiger partial charge in [-0.3, -0.25) is 0 Å². The molecule has 0 aliphatic heterocycles. The van der Waals surface area contributed by atoms with Crippen molar-refractivity contribution >= 4 is 21.4 Å². The molecule has 1 aromatic rings. The highest BCUT2D eigenvalue weighted by Crippen LogP contribution is 2.23. The van der Waals surface area contributed by atoms with Gasteiger partial charge in [-0.25, -0.2) is 13.1 Å². The van der Waals surface area contributed by atoms with Crippen molar-refractivity contribution in [3.05, 3.63) is 21.9 Å². The number of rotatable bonds is 7. The van der Waals surface area contributed by atoms with Crippen LogP contribution in [0.15, 0.2) is 12.1 Å². The van der Waals surface area contributed by atoms with Gasteiger partial charge in [-0.05, 0) is 25.5 Å². The van der Waals surface area contributed by atoms with Crippen LogP contribution in [0.2, 0.25) is 0 Å².